The number of unbranched alkanes of at least 4 members (excludes halogenated alkanes) is 1. The fourth-order valence-corrected chi connectivity index (χ4v) is 1.84. The van der Waals surface area contributed by atoms with Crippen molar-refractivity contribution in [1.29, 1.82) is 0 Å². The largest absolute Gasteiger partial charge is 0.461 e. The zero-order chi connectivity index (χ0) is 14.2. The summed E-state index contributed by atoms with van der Waals surface area (Å²) in [4.78, 5) is 15.6. The van der Waals surface area contributed by atoms with Gasteiger partial charge in [0.1, 0.15) is 5.69 Å². The van der Waals surface area contributed by atoms with Crippen LogP contribution < -0.4 is 5.73 Å². The number of hydrogen-bond acceptors (Lipinski definition) is 4. The normalized spacial score (nSPS) is 10.2. The summed E-state index contributed by atoms with van der Waals surface area (Å²) in [5.41, 5.74) is 7.64. The highest BCUT2D eigenvalue weighted by molar-refractivity contribution is 5.87. The van der Waals surface area contributed by atoms with E-state index < -0.39 is 5.97 Å². The van der Waals surface area contributed by atoms with Crippen LogP contribution in [0.2, 0.25) is 0 Å². The third-order valence-corrected chi connectivity index (χ3v) is 2.93. The molecular formula is C16H18N2O2. The minimum Gasteiger partial charge on any atom is -0.461 e. The van der Waals surface area contributed by atoms with Crippen molar-refractivity contribution < 1.29 is 9.53 Å². The molecule has 0 radical (unpaired) electrons. The lowest BCUT2D eigenvalue weighted by molar-refractivity contribution is 0.0491. The number of ether oxygens (including phenoxy) is 1. The number of pyridine rings is 1. The van der Waals surface area contributed by atoms with Crippen molar-refractivity contribution in [3.05, 3.63) is 59.9 Å². The van der Waals surface area contributed by atoms with Gasteiger partial charge in [0.05, 0.1) is 18.5 Å². The first kappa shape index (κ1) is 14.1. The quantitative estimate of drug-likeness (QED) is 0.647. The third kappa shape index (κ3) is 4.39. The molecule has 1 aromatic heterocycles. The monoisotopic (exact) mass is 270 g/mol. The van der Waals surface area contributed by atoms with Crippen molar-refractivity contribution in [3.63, 3.8) is 0 Å². The molecular weight excluding hydrogens is 252 g/mol. The van der Waals surface area contributed by atoms with Gasteiger partial charge in [-0.25, -0.2) is 9.78 Å². The van der Waals surface area contributed by atoms with Crippen LogP contribution >= 0.6 is 0 Å². The van der Waals surface area contributed by atoms with Crippen LogP contribution in [-0.4, -0.2) is 17.6 Å². The molecule has 0 spiro atoms. The Hall–Kier alpha value is -2.36. The first-order valence-corrected chi connectivity index (χ1v) is 6.68. The Morgan fingerprint density at radius 1 is 1.10 bits per heavy atom. The Bertz CT molecular complexity index is 538. The Balaban J connectivity index is 1.66. The van der Waals surface area contributed by atoms with Gasteiger partial charge in [0, 0.05) is 0 Å². The zero-order valence-corrected chi connectivity index (χ0v) is 11.3. The van der Waals surface area contributed by atoms with Crippen molar-refractivity contribution in [3.8, 4) is 0 Å². The van der Waals surface area contributed by atoms with Gasteiger partial charge in [-0.1, -0.05) is 30.3 Å². The van der Waals surface area contributed by atoms with Gasteiger partial charge >= 0.3 is 5.97 Å². The van der Waals surface area contributed by atoms with Gasteiger partial charge in [-0.3, -0.25) is 0 Å². The van der Waals surface area contributed by atoms with Gasteiger partial charge in [-0.2, -0.15) is 0 Å². The molecule has 0 fully saturated rings. The van der Waals surface area contributed by atoms with E-state index in [4.69, 9.17) is 10.5 Å². The number of esters is 1. The highest BCUT2D eigenvalue weighted by Crippen LogP contribution is 2.06. The summed E-state index contributed by atoms with van der Waals surface area (Å²) in [6, 6.07) is 13.5. The van der Waals surface area contributed by atoms with Crippen LogP contribution in [0.25, 0.3) is 0 Å². The standard InChI is InChI=1S/C16H18N2O2/c17-14-9-10-15(18-12-14)16(19)20-11-5-4-8-13-6-2-1-3-7-13/h1-3,6-7,9-10,12H,4-5,8,11,17H2. The van der Waals surface area contributed by atoms with E-state index in [0.717, 1.165) is 19.3 Å². The number of aromatic nitrogens is 1. The first-order valence-electron chi connectivity index (χ1n) is 6.68. The van der Waals surface area contributed by atoms with Gasteiger partial charge in [0.25, 0.3) is 0 Å². The summed E-state index contributed by atoms with van der Waals surface area (Å²) in [5.74, 6) is -0.398. The van der Waals surface area contributed by atoms with E-state index >= 15 is 0 Å². The minimum atomic E-state index is -0.398. The summed E-state index contributed by atoms with van der Waals surface area (Å²) in [6.45, 7) is 0.414. The van der Waals surface area contributed by atoms with Gasteiger partial charge < -0.3 is 10.5 Å². The number of anilines is 1. The maximum Gasteiger partial charge on any atom is 0.356 e. The molecule has 0 amide bonds. The van der Waals surface area contributed by atoms with Crippen LogP contribution in [0, 0.1) is 0 Å². The molecule has 2 rings (SSSR count). The predicted octanol–water partition coefficient (Wildman–Crippen LogP) is 2.84. The maximum atomic E-state index is 11.7. The highest BCUT2D eigenvalue weighted by Gasteiger charge is 2.07. The summed E-state index contributed by atoms with van der Waals surface area (Å²) in [5, 5.41) is 0. The van der Waals surface area contributed by atoms with E-state index in [1.807, 2.05) is 18.2 Å². The van der Waals surface area contributed by atoms with Gasteiger partial charge in [-0.05, 0) is 37.0 Å². The molecule has 2 N–H and O–H groups in total. The molecule has 2 aromatic rings. The van der Waals surface area contributed by atoms with Crippen molar-refractivity contribution in [1.82, 2.24) is 4.98 Å². The Morgan fingerprint density at radius 3 is 2.60 bits per heavy atom. The van der Waals surface area contributed by atoms with Gasteiger partial charge in [0.2, 0.25) is 0 Å². The van der Waals surface area contributed by atoms with E-state index in [-0.39, 0.29) is 0 Å². The second kappa shape index (κ2) is 7.28. The van der Waals surface area contributed by atoms with Crippen LogP contribution in [-0.2, 0) is 11.2 Å². The van der Waals surface area contributed by atoms with Crippen molar-refractivity contribution >= 4 is 11.7 Å². The molecule has 4 nitrogen and oxygen atoms in total. The molecule has 0 bridgehead atoms. The average Bonchev–Trinajstić information content (AvgIpc) is 2.48. The summed E-state index contributed by atoms with van der Waals surface area (Å²) in [7, 11) is 0. The lowest BCUT2D eigenvalue weighted by Gasteiger charge is -2.04. The number of hydrogen-bond donors (Lipinski definition) is 1. The second-order valence-corrected chi connectivity index (χ2v) is 4.56. The average molecular weight is 270 g/mol. The van der Waals surface area contributed by atoms with Crippen LogP contribution in [0.3, 0.4) is 0 Å². The van der Waals surface area contributed by atoms with E-state index in [1.165, 1.54) is 11.8 Å². The van der Waals surface area contributed by atoms with Crippen LogP contribution in [0.4, 0.5) is 5.69 Å². The molecule has 0 saturated carbocycles. The number of aryl methyl sites for hydroxylation is 1. The first-order chi connectivity index (χ1) is 9.75. The van der Waals surface area contributed by atoms with E-state index in [2.05, 4.69) is 17.1 Å². The molecule has 104 valence electrons. The smallest absolute Gasteiger partial charge is 0.356 e. The molecule has 0 aliphatic carbocycles. The summed E-state index contributed by atoms with van der Waals surface area (Å²) < 4.78 is 5.16. The summed E-state index contributed by atoms with van der Waals surface area (Å²) in [6.07, 6.45) is 4.28. The number of carbonyl (C=O) groups excluding carboxylic acids is 1. The van der Waals surface area contributed by atoms with Crippen molar-refractivity contribution in [2.45, 2.75) is 19.3 Å². The van der Waals surface area contributed by atoms with E-state index in [9.17, 15) is 4.79 Å². The molecule has 0 aliphatic heterocycles. The second-order valence-electron chi connectivity index (χ2n) is 4.56. The molecule has 4 heteroatoms. The number of benzene rings is 1. The lowest BCUT2D eigenvalue weighted by atomic mass is 10.1. The number of nitrogens with zero attached hydrogens (tertiary/aromatic N) is 1. The highest BCUT2D eigenvalue weighted by atomic mass is 16.5. The number of carbonyl (C=O) groups is 1. The Morgan fingerprint density at radius 2 is 1.90 bits per heavy atom. The summed E-state index contributed by atoms with van der Waals surface area (Å²) >= 11 is 0. The van der Waals surface area contributed by atoms with Crippen LogP contribution in [0.15, 0.2) is 48.7 Å². The fraction of sp³-hybridized carbons (Fsp3) is 0.250. The van der Waals surface area contributed by atoms with Gasteiger partial charge in [-0.15, -0.1) is 0 Å². The molecule has 1 aromatic carbocycles. The maximum absolute atomic E-state index is 11.7. The minimum absolute atomic E-state index is 0.294. The molecule has 20 heavy (non-hydrogen) atoms. The molecule has 1 heterocycles. The molecule has 0 unspecified atom stereocenters. The molecule has 0 saturated heterocycles. The molecule has 0 atom stereocenters. The van der Waals surface area contributed by atoms with Crippen molar-refractivity contribution in [2.75, 3.05) is 12.3 Å². The number of nitrogens with two attached hydrogens (primary N) is 1. The SMILES string of the molecule is Nc1ccc(C(=O)OCCCCc2ccccc2)nc1. The van der Waals surface area contributed by atoms with Crippen LogP contribution in [0.5, 0.6) is 0 Å². The number of nitrogen functional groups attached to an aromatic ring is 1. The molecule has 0 aliphatic rings. The zero-order valence-electron chi connectivity index (χ0n) is 11.3. The van der Waals surface area contributed by atoms with E-state index in [0.29, 0.717) is 18.0 Å². The Labute approximate surface area is 118 Å². The van der Waals surface area contributed by atoms with E-state index in [1.54, 1.807) is 12.1 Å². The third-order valence-electron chi connectivity index (χ3n) is 2.93. The fourth-order valence-electron chi connectivity index (χ4n) is 1.84. The Kier molecular flexibility index (Phi) is 5.12. The topological polar surface area (TPSA) is 65.2 Å². The van der Waals surface area contributed by atoms with Crippen LogP contribution in [0.1, 0.15) is 28.9 Å². The number of rotatable bonds is 6. The van der Waals surface area contributed by atoms with Crippen molar-refractivity contribution in [2.24, 2.45) is 0 Å². The predicted molar refractivity (Wildman–Crippen MR) is 78.3 cm³/mol. The van der Waals surface area contributed by atoms with Gasteiger partial charge in [0.15, 0.2) is 0 Å². The lowest BCUT2D eigenvalue weighted by Crippen LogP contribution is -2.08.